The van der Waals surface area contributed by atoms with Gasteiger partial charge >= 0.3 is 5.97 Å². The molecule has 0 saturated heterocycles. The number of rotatable bonds is 7. The molecule has 1 aromatic heterocycles. The number of hydrogen-bond donors (Lipinski definition) is 0. The van der Waals surface area contributed by atoms with Crippen molar-refractivity contribution >= 4 is 34.0 Å². The minimum atomic E-state index is -0.358. The minimum Gasteiger partial charge on any atom is -0.487 e. The highest BCUT2D eigenvalue weighted by molar-refractivity contribution is 7.14. The van der Waals surface area contributed by atoms with Gasteiger partial charge in [0.15, 0.2) is 5.13 Å². The smallest absolute Gasteiger partial charge is 0.338 e. The second-order valence-electron chi connectivity index (χ2n) is 6.78. The predicted molar refractivity (Wildman–Crippen MR) is 118 cm³/mol. The summed E-state index contributed by atoms with van der Waals surface area (Å²) in [5.74, 6) is 0.161. The maximum Gasteiger partial charge on any atom is 0.338 e. The van der Waals surface area contributed by atoms with Crippen LogP contribution in [0.15, 0.2) is 47.8 Å². The Balaban J connectivity index is 1.69. The van der Waals surface area contributed by atoms with Gasteiger partial charge in [0.2, 0.25) is 5.91 Å². The Bertz CT molecular complexity index is 1040. The fraction of sp³-hybridized carbons (Fsp3) is 0.261. The van der Waals surface area contributed by atoms with E-state index in [2.05, 4.69) is 4.98 Å². The maximum atomic E-state index is 12.3. The second kappa shape index (κ2) is 9.54. The standard InChI is InChI=1S/C23H24N2O4S/c1-5-28-22(27)18-7-10-21(11-8-18)29-13-19-14-30-23(24-19)25(17(4)26)20-9-6-15(2)16(3)12-20/h6-12,14H,5,13H2,1-4H3. The first-order chi connectivity index (χ1) is 14.4. The van der Waals surface area contributed by atoms with Crippen molar-refractivity contribution < 1.29 is 19.1 Å². The number of amides is 1. The van der Waals surface area contributed by atoms with Crippen molar-refractivity contribution in [1.82, 2.24) is 4.98 Å². The van der Waals surface area contributed by atoms with Gasteiger partial charge in [-0.3, -0.25) is 9.69 Å². The van der Waals surface area contributed by atoms with Crippen LogP contribution < -0.4 is 9.64 Å². The molecule has 0 saturated carbocycles. The third-order valence-electron chi connectivity index (χ3n) is 4.55. The van der Waals surface area contributed by atoms with Gasteiger partial charge < -0.3 is 9.47 Å². The monoisotopic (exact) mass is 424 g/mol. The van der Waals surface area contributed by atoms with Gasteiger partial charge in [0.1, 0.15) is 12.4 Å². The molecule has 7 heteroatoms. The molecule has 0 bridgehead atoms. The van der Waals surface area contributed by atoms with Gasteiger partial charge in [0.05, 0.1) is 23.6 Å². The van der Waals surface area contributed by atoms with Crippen molar-refractivity contribution in [2.45, 2.75) is 34.3 Å². The van der Waals surface area contributed by atoms with E-state index in [9.17, 15) is 9.59 Å². The van der Waals surface area contributed by atoms with Crippen molar-refractivity contribution in [3.8, 4) is 5.75 Å². The Morgan fingerprint density at radius 3 is 2.43 bits per heavy atom. The van der Waals surface area contributed by atoms with Crippen molar-refractivity contribution in [2.75, 3.05) is 11.5 Å². The molecule has 156 valence electrons. The SMILES string of the molecule is CCOC(=O)c1ccc(OCc2csc(N(C(C)=O)c3ccc(C)c(C)c3)n2)cc1. The zero-order valence-electron chi connectivity index (χ0n) is 17.5. The number of carbonyl (C=O) groups is 2. The highest BCUT2D eigenvalue weighted by atomic mass is 32.1. The second-order valence-corrected chi connectivity index (χ2v) is 7.61. The number of nitrogens with zero attached hydrogens (tertiary/aromatic N) is 2. The van der Waals surface area contributed by atoms with Crippen LogP contribution in [0.3, 0.4) is 0 Å². The lowest BCUT2D eigenvalue weighted by atomic mass is 10.1. The molecule has 0 aliphatic heterocycles. The van der Waals surface area contributed by atoms with Crippen LogP contribution in [0.25, 0.3) is 0 Å². The van der Waals surface area contributed by atoms with Gasteiger partial charge in [-0.1, -0.05) is 6.07 Å². The summed E-state index contributed by atoms with van der Waals surface area (Å²) in [6.45, 7) is 7.94. The number of esters is 1. The molecule has 6 nitrogen and oxygen atoms in total. The van der Waals surface area contributed by atoms with Crippen LogP contribution >= 0.6 is 11.3 Å². The van der Waals surface area contributed by atoms with E-state index in [0.29, 0.717) is 23.1 Å². The van der Waals surface area contributed by atoms with Crippen LogP contribution in [0.2, 0.25) is 0 Å². The molecule has 0 atom stereocenters. The molecule has 0 N–H and O–H groups in total. The highest BCUT2D eigenvalue weighted by Gasteiger charge is 2.18. The largest absolute Gasteiger partial charge is 0.487 e. The van der Waals surface area contributed by atoms with Crippen LogP contribution in [0.1, 0.15) is 41.0 Å². The molecule has 1 heterocycles. The molecule has 0 aliphatic rings. The van der Waals surface area contributed by atoms with Crippen molar-refractivity contribution in [3.63, 3.8) is 0 Å². The summed E-state index contributed by atoms with van der Waals surface area (Å²) >= 11 is 1.39. The van der Waals surface area contributed by atoms with E-state index in [4.69, 9.17) is 9.47 Å². The molecule has 2 aromatic carbocycles. The molecule has 3 rings (SSSR count). The predicted octanol–water partition coefficient (Wildman–Crippen LogP) is 5.20. The van der Waals surface area contributed by atoms with Gasteiger partial charge in [-0.25, -0.2) is 9.78 Å². The Morgan fingerprint density at radius 1 is 1.07 bits per heavy atom. The Hall–Kier alpha value is -3.19. The van der Waals surface area contributed by atoms with Crippen molar-refractivity contribution in [1.29, 1.82) is 0 Å². The summed E-state index contributed by atoms with van der Waals surface area (Å²) in [5, 5.41) is 2.47. The summed E-state index contributed by atoms with van der Waals surface area (Å²) < 4.78 is 10.7. The normalized spacial score (nSPS) is 10.5. The molecule has 3 aromatic rings. The molecular formula is C23H24N2O4S. The fourth-order valence-electron chi connectivity index (χ4n) is 2.82. The lowest BCUT2D eigenvalue weighted by Crippen LogP contribution is -2.22. The Labute approximate surface area is 180 Å². The zero-order valence-corrected chi connectivity index (χ0v) is 18.3. The lowest BCUT2D eigenvalue weighted by Gasteiger charge is -2.19. The van der Waals surface area contributed by atoms with Crippen LogP contribution in [-0.4, -0.2) is 23.5 Å². The molecule has 30 heavy (non-hydrogen) atoms. The summed E-state index contributed by atoms with van der Waals surface area (Å²) in [7, 11) is 0. The van der Waals surface area contributed by atoms with Gasteiger partial charge in [-0.15, -0.1) is 11.3 Å². The fourth-order valence-corrected chi connectivity index (χ4v) is 3.69. The summed E-state index contributed by atoms with van der Waals surface area (Å²) in [6, 6.07) is 12.7. The molecule has 0 spiro atoms. The third kappa shape index (κ3) is 5.04. The first-order valence-electron chi connectivity index (χ1n) is 9.61. The van der Waals surface area contributed by atoms with E-state index >= 15 is 0 Å². The first kappa shape index (κ1) is 21.5. The zero-order chi connectivity index (χ0) is 21.7. The topological polar surface area (TPSA) is 68.7 Å². The van der Waals surface area contributed by atoms with E-state index < -0.39 is 0 Å². The van der Waals surface area contributed by atoms with E-state index in [1.807, 2.05) is 37.4 Å². The molecule has 0 fully saturated rings. The van der Waals surface area contributed by atoms with Gasteiger partial charge in [0.25, 0.3) is 0 Å². The van der Waals surface area contributed by atoms with Gasteiger partial charge in [-0.05, 0) is 68.3 Å². The molecule has 0 aliphatic carbocycles. The average molecular weight is 425 g/mol. The highest BCUT2D eigenvalue weighted by Crippen LogP contribution is 2.30. The van der Waals surface area contributed by atoms with Gasteiger partial charge in [0, 0.05) is 12.3 Å². The number of aromatic nitrogens is 1. The summed E-state index contributed by atoms with van der Waals surface area (Å²) in [4.78, 5) is 30.2. The average Bonchev–Trinajstić information content (AvgIpc) is 3.18. The summed E-state index contributed by atoms with van der Waals surface area (Å²) in [5.41, 5.74) is 4.28. The number of anilines is 2. The van der Waals surface area contributed by atoms with E-state index in [-0.39, 0.29) is 18.5 Å². The Kier molecular flexibility index (Phi) is 6.84. The molecular weight excluding hydrogens is 400 g/mol. The number of ether oxygens (including phenoxy) is 2. The lowest BCUT2D eigenvalue weighted by molar-refractivity contribution is -0.115. The molecule has 0 radical (unpaired) electrons. The van der Waals surface area contributed by atoms with Crippen LogP contribution in [0, 0.1) is 13.8 Å². The number of benzene rings is 2. The van der Waals surface area contributed by atoms with Crippen molar-refractivity contribution in [2.24, 2.45) is 0 Å². The first-order valence-corrected chi connectivity index (χ1v) is 10.5. The number of thiazole rings is 1. The molecule has 1 amide bonds. The van der Waals surface area contributed by atoms with E-state index in [0.717, 1.165) is 16.9 Å². The van der Waals surface area contributed by atoms with Crippen LogP contribution in [0.4, 0.5) is 10.8 Å². The third-order valence-corrected chi connectivity index (χ3v) is 5.42. The quantitative estimate of drug-likeness (QED) is 0.488. The summed E-state index contributed by atoms with van der Waals surface area (Å²) in [6.07, 6.45) is 0. The van der Waals surface area contributed by atoms with Gasteiger partial charge in [-0.2, -0.15) is 0 Å². The van der Waals surface area contributed by atoms with Crippen molar-refractivity contribution in [3.05, 3.63) is 70.2 Å². The van der Waals surface area contributed by atoms with Crippen LogP contribution in [0.5, 0.6) is 5.75 Å². The van der Waals surface area contributed by atoms with Crippen LogP contribution in [-0.2, 0) is 16.1 Å². The van der Waals surface area contributed by atoms with E-state index in [1.54, 1.807) is 36.1 Å². The maximum absolute atomic E-state index is 12.3. The van der Waals surface area contributed by atoms with E-state index in [1.165, 1.54) is 23.8 Å². The minimum absolute atomic E-state index is 0.102. The number of hydrogen-bond acceptors (Lipinski definition) is 6. The number of carbonyl (C=O) groups excluding carboxylic acids is 2. The molecule has 0 unspecified atom stereocenters. The number of aryl methyl sites for hydroxylation is 2. The Morgan fingerprint density at radius 2 is 1.80 bits per heavy atom.